The Morgan fingerprint density at radius 2 is 1.87 bits per heavy atom. The van der Waals surface area contributed by atoms with E-state index in [9.17, 15) is 24.9 Å². The summed E-state index contributed by atoms with van der Waals surface area (Å²) in [7, 11) is 1.26. The first-order valence-corrected chi connectivity index (χ1v) is 14.0. The second-order valence-electron chi connectivity index (χ2n) is 10.3. The molecule has 0 saturated carbocycles. The molecule has 45 heavy (non-hydrogen) atoms. The number of aliphatic hydroxyl groups excluding tert-OH is 2. The zero-order valence-corrected chi connectivity index (χ0v) is 24.3. The van der Waals surface area contributed by atoms with Gasteiger partial charge >= 0.3 is 12.0 Å². The summed E-state index contributed by atoms with van der Waals surface area (Å²) in [6, 6.07) is 7.45. The highest BCUT2D eigenvalue weighted by Crippen LogP contribution is 2.32. The Balaban J connectivity index is 1.02. The zero-order chi connectivity index (χ0) is 32.1. The number of carbonyl (C=O) groups excluding carboxylic acids is 2. The quantitative estimate of drug-likeness (QED) is 0.0509. The van der Waals surface area contributed by atoms with Crippen LogP contribution >= 0.6 is 0 Å². The predicted octanol–water partition coefficient (Wildman–Crippen LogP) is 0.179. The zero-order valence-electron chi connectivity index (χ0n) is 24.3. The van der Waals surface area contributed by atoms with Gasteiger partial charge in [-0.2, -0.15) is 0 Å². The van der Waals surface area contributed by atoms with Crippen molar-refractivity contribution in [3.8, 4) is 5.75 Å². The molecule has 0 unspecified atom stereocenters. The molecule has 2 aromatic heterocycles. The smallest absolute Gasteiger partial charge is 0.338 e. The van der Waals surface area contributed by atoms with Crippen LogP contribution in [-0.2, 0) is 9.47 Å². The Kier molecular flexibility index (Phi) is 9.41. The number of carbonyl (C=O) groups is 2. The summed E-state index contributed by atoms with van der Waals surface area (Å²) in [6.45, 7) is 0.877. The lowest BCUT2D eigenvalue weighted by atomic mass is 10.0. The van der Waals surface area contributed by atoms with Crippen LogP contribution in [0.25, 0.3) is 21.9 Å². The number of anilines is 2. The number of aliphatic imine (C=N–C) groups is 1. The van der Waals surface area contributed by atoms with Gasteiger partial charge in [0, 0.05) is 24.2 Å². The van der Waals surface area contributed by atoms with Crippen LogP contribution in [0.4, 0.5) is 16.3 Å². The Morgan fingerprint density at radius 1 is 1.09 bits per heavy atom. The molecule has 238 valence electrons. The van der Waals surface area contributed by atoms with E-state index < -0.39 is 36.5 Å². The topological polar surface area (TPSA) is 257 Å². The number of aromatic hydroxyl groups is 1. The number of ether oxygens (including phenoxy) is 2. The molecule has 4 aromatic rings. The number of esters is 1. The number of nitrogens with two attached hydrogens (primary N) is 2. The SMILES string of the molecule is COC(=O)c1cc(O)c2cc(NC(=O)NCCCCNC(N)=NC[C@H]3O[C@@H](n4cnc5c(N)ncnc54)[C@H](O)[C@@H]3O)ccc2c1. The van der Waals surface area contributed by atoms with Gasteiger partial charge in [-0.1, -0.05) is 6.07 Å². The number of benzene rings is 2. The van der Waals surface area contributed by atoms with E-state index in [2.05, 4.69) is 35.9 Å². The third-order valence-electron chi connectivity index (χ3n) is 7.25. The van der Waals surface area contributed by atoms with Crippen molar-refractivity contribution in [3.63, 3.8) is 0 Å². The number of urea groups is 1. The van der Waals surface area contributed by atoms with Gasteiger partial charge in [-0.25, -0.2) is 24.5 Å². The van der Waals surface area contributed by atoms with E-state index in [-0.39, 0.29) is 29.6 Å². The number of hydrogen-bond donors (Lipinski definition) is 8. The molecule has 17 heteroatoms. The Bertz CT molecular complexity index is 1730. The van der Waals surface area contributed by atoms with E-state index >= 15 is 0 Å². The fourth-order valence-corrected chi connectivity index (χ4v) is 4.91. The second-order valence-corrected chi connectivity index (χ2v) is 10.3. The van der Waals surface area contributed by atoms with Crippen LogP contribution in [0.1, 0.15) is 29.4 Å². The van der Waals surface area contributed by atoms with E-state index in [1.54, 1.807) is 24.3 Å². The average Bonchev–Trinajstić information content (AvgIpc) is 3.58. The highest BCUT2D eigenvalue weighted by molar-refractivity contribution is 6.00. The van der Waals surface area contributed by atoms with Crippen molar-refractivity contribution >= 4 is 51.4 Å². The molecule has 1 aliphatic rings. The molecule has 5 rings (SSSR count). The standard InChI is InChI=1S/C28H34N10O7/c1-44-26(42)15-8-14-4-5-16(10-17(14)18(39)9-15)37-28(43)32-7-3-2-6-31-27(30)33-11-19-21(40)22(41)25(45-19)38-13-36-20-23(29)34-12-35-24(20)38/h4-5,8-10,12-13,19,21-22,25,39-41H,2-3,6-7,11H2,1H3,(H2,29,34,35)(H3,30,31,33)(H2,32,37,43)/t19-,21-,22-,25-/m1/s1. The second kappa shape index (κ2) is 13.6. The largest absolute Gasteiger partial charge is 0.507 e. The number of nitrogens with zero attached hydrogens (tertiary/aromatic N) is 5. The van der Waals surface area contributed by atoms with Crippen LogP contribution in [0, 0.1) is 0 Å². The van der Waals surface area contributed by atoms with Crippen LogP contribution in [0.3, 0.4) is 0 Å². The molecule has 1 saturated heterocycles. The van der Waals surface area contributed by atoms with Crippen LogP contribution in [0.5, 0.6) is 5.75 Å². The molecule has 3 heterocycles. The van der Waals surface area contributed by atoms with E-state index in [0.717, 1.165) is 0 Å². The number of aliphatic hydroxyl groups is 2. The molecule has 2 amide bonds. The Morgan fingerprint density at radius 3 is 2.64 bits per heavy atom. The van der Waals surface area contributed by atoms with Crippen molar-refractivity contribution in [1.29, 1.82) is 0 Å². The number of imidazole rings is 1. The predicted molar refractivity (Wildman–Crippen MR) is 163 cm³/mol. The van der Waals surface area contributed by atoms with Gasteiger partial charge in [-0.3, -0.25) is 9.56 Å². The molecule has 0 spiro atoms. The highest BCUT2D eigenvalue weighted by atomic mass is 16.6. The Labute approximate surface area is 256 Å². The van der Waals surface area contributed by atoms with E-state index in [0.29, 0.717) is 53.6 Å². The minimum absolute atomic E-state index is 0.00196. The third kappa shape index (κ3) is 6.95. The number of phenols is 1. The molecule has 0 aliphatic carbocycles. The minimum atomic E-state index is -1.26. The van der Waals surface area contributed by atoms with Gasteiger partial charge in [-0.15, -0.1) is 0 Å². The van der Waals surface area contributed by atoms with Crippen LogP contribution < -0.4 is 27.4 Å². The van der Waals surface area contributed by atoms with Crippen molar-refractivity contribution in [3.05, 3.63) is 48.5 Å². The summed E-state index contributed by atoms with van der Waals surface area (Å²) < 4.78 is 12.0. The van der Waals surface area contributed by atoms with Crippen LogP contribution in [0.15, 0.2) is 48.0 Å². The number of rotatable bonds is 10. The summed E-state index contributed by atoms with van der Waals surface area (Å²) in [5, 5.41) is 40.9. The maximum Gasteiger partial charge on any atom is 0.338 e. The lowest BCUT2D eigenvalue weighted by molar-refractivity contribution is -0.0320. The van der Waals surface area contributed by atoms with Gasteiger partial charge in [-0.05, 0) is 42.5 Å². The lowest BCUT2D eigenvalue weighted by Gasteiger charge is -2.16. The number of nitrogen functional groups attached to an aromatic ring is 1. The molecule has 10 N–H and O–H groups in total. The molecule has 2 aromatic carbocycles. The molecule has 0 radical (unpaired) electrons. The van der Waals surface area contributed by atoms with Gasteiger partial charge in [0.15, 0.2) is 23.7 Å². The Hall–Kier alpha value is -5.26. The number of amides is 2. The van der Waals surface area contributed by atoms with Crippen LogP contribution in [0.2, 0.25) is 0 Å². The summed E-state index contributed by atoms with van der Waals surface area (Å²) >= 11 is 0. The van der Waals surface area contributed by atoms with Gasteiger partial charge in [0.05, 0.1) is 25.5 Å². The van der Waals surface area contributed by atoms with E-state index in [4.69, 9.17) is 20.9 Å². The monoisotopic (exact) mass is 622 g/mol. The third-order valence-corrected chi connectivity index (χ3v) is 7.25. The molecular weight excluding hydrogens is 588 g/mol. The first-order valence-electron chi connectivity index (χ1n) is 14.0. The molecule has 17 nitrogen and oxygen atoms in total. The molecular formula is C28H34N10O7. The first-order chi connectivity index (χ1) is 21.7. The number of methoxy groups -OCH3 is 1. The number of phenolic OH excluding ortho intramolecular Hbond substituents is 1. The van der Waals surface area contributed by atoms with Crippen molar-refractivity contribution in [2.75, 3.05) is 37.8 Å². The number of unbranched alkanes of at least 4 members (excludes halogenated alkanes) is 1. The number of fused-ring (bicyclic) bond motifs is 2. The number of hydrogen-bond acceptors (Lipinski definition) is 12. The molecule has 4 atom stereocenters. The van der Waals surface area contributed by atoms with Crippen molar-refractivity contribution in [1.82, 2.24) is 30.2 Å². The fourth-order valence-electron chi connectivity index (χ4n) is 4.91. The minimum Gasteiger partial charge on any atom is -0.507 e. The summed E-state index contributed by atoms with van der Waals surface area (Å²) in [5.74, 6) is -0.338. The van der Waals surface area contributed by atoms with Gasteiger partial charge in [0.1, 0.15) is 35.9 Å². The molecule has 1 fully saturated rings. The van der Waals surface area contributed by atoms with Crippen LogP contribution in [-0.4, -0.2) is 97.9 Å². The average molecular weight is 623 g/mol. The number of nitrogens with one attached hydrogen (secondary N) is 3. The summed E-state index contributed by atoms with van der Waals surface area (Å²) in [4.78, 5) is 40.5. The van der Waals surface area contributed by atoms with Gasteiger partial charge < -0.3 is 52.2 Å². The van der Waals surface area contributed by atoms with Crippen molar-refractivity contribution < 1.29 is 34.4 Å². The number of guanidine groups is 1. The maximum absolute atomic E-state index is 12.3. The summed E-state index contributed by atoms with van der Waals surface area (Å²) in [6.07, 6.45) is -0.250. The van der Waals surface area contributed by atoms with E-state index in [1.165, 1.54) is 30.4 Å². The normalized spacial score (nSPS) is 19.9. The molecule has 0 bridgehead atoms. The molecule has 1 aliphatic heterocycles. The van der Waals surface area contributed by atoms with E-state index in [1.807, 2.05) is 0 Å². The maximum atomic E-state index is 12.3. The lowest BCUT2D eigenvalue weighted by Crippen LogP contribution is -2.36. The number of aromatic nitrogens is 4. The summed E-state index contributed by atoms with van der Waals surface area (Å²) in [5.41, 5.74) is 13.2. The highest BCUT2D eigenvalue weighted by Gasteiger charge is 2.44. The van der Waals surface area contributed by atoms with Gasteiger partial charge in [0.25, 0.3) is 0 Å². The fraction of sp³-hybridized carbons (Fsp3) is 0.357. The first kappa shape index (κ1) is 31.2. The van der Waals surface area contributed by atoms with Gasteiger partial charge in [0.2, 0.25) is 0 Å². The van der Waals surface area contributed by atoms with Crippen molar-refractivity contribution in [2.45, 2.75) is 37.4 Å². The van der Waals surface area contributed by atoms with Crippen molar-refractivity contribution in [2.24, 2.45) is 10.7 Å².